The van der Waals surface area contributed by atoms with Crippen LogP contribution in [0.25, 0.3) is 0 Å². The van der Waals surface area contributed by atoms with Gasteiger partial charge in [0, 0.05) is 18.4 Å². The minimum absolute atomic E-state index is 0.0787. The van der Waals surface area contributed by atoms with Gasteiger partial charge in [-0.25, -0.2) is 0 Å². The van der Waals surface area contributed by atoms with Crippen LogP contribution >= 0.6 is 0 Å². The molecule has 0 radical (unpaired) electrons. The van der Waals surface area contributed by atoms with Gasteiger partial charge in [0.1, 0.15) is 0 Å². The molecule has 0 saturated heterocycles. The van der Waals surface area contributed by atoms with Crippen LogP contribution in [0, 0.1) is 5.41 Å². The topological polar surface area (TPSA) is 61.4 Å². The number of aliphatic hydroxyl groups is 1. The fourth-order valence-corrected chi connectivity index (χ4v) is 1.58. The summed E-state index contributed by atoms with van der Waals surface area (Å²) in [7, 11) is 1.88. The van der Waals surface area contributed by atoms with Crippen LogP contribution in [0.15, 0.2) is 0 Å². The molecule has 0 saturated carbocycles. The molecule has 96 valence electrons. The van der Waals surface area contributed by atoms with Crippen LogP contribution in [0.3, 0.4) is 0 Å². The van der Waals surface area contributed by atoms with Crippen molar-refractivity contribution in [3.05, 3.63) is 0 Å². The van der Waals surface area contributed by atoms with Gasteiger partial charge in [0.15, 0.2) is 0 Å². The number of carbonyl (C=O) groups is 1. The summed E-state index contributed by atoms with van der Waals surface area (Å²) in [6, 6.07) is 0. The number of aliphatic hydroxyl groups excluding tert-OH is 1. The summed E-state index contributed by atoms with van der Waals surface area (Å²) in [5.41, 5.74) is -0.140. The summed E-state index contributed by atoms with van der Waals surface area (Å²) in [5.74, 6) is 0.0787. The predicted molar refractivity (Wildman–Crippen MR) is 66.3 cm³/mol. The molecule has 4 nitrogen and oxygen atoms in total. The molecule has 0 spiro atoms. The van der Waals surface area contributed by atoms with Gasteiger partial charge >= 0.3 is 0 Å². The van der Waals surface area contributed by atoms with Crippen molar-refractivity contribution in [2.75, 3.05) is 26.7 Å². The van der Waals surface area contributed by atoms with E-state index in [9.17, 15) is 9.90 Å². The quantitative estimate of drug-likeness (QED) is 0.516. The molecule has 0 unspecified atom stereocenters. The maximum atomic E-state index is 11.5. The van der Waals surface area contributed by atoms with E-state index in [-0.39, 0.29) is 17.9 Å². The predicted octanol–water partition coefficient (Wildman–Crippen LogP) is 0.901. The molecule has 4 heteroatoms. The van der Waals surface area contributed by atoms with Gasteiger partial charge in [0.2, 0.25) is 5.91 Å². The molecule has 0 aromatic rings. The van der Waals surface area contributed by atoms with Crippen LogP contribution in [-0.2, 0) is 4.79 Å². The second-order valence-electron chi connectivity index (χ2n) is 4.35. The summed E-state index contributed by atoms with van der Waals surface area (Å²) in [6.07, 6.45) is 3.18. The van der Waals surface area contributed by atoms with Gasteiger partial charge in [-0.1, -0.05) is 13.8 Å². The number of hydrogen-bond acceptors (Lipinski definition) is 3. The largest absolute Gasteiger partial charge is 0.396 e. The molecule has 0 aliphatic heterocycles. The third kappa shape index (κ3) is 5.47. The molecule has 3 N–H and O–H groups in total. The van der Waals surface area contributed by atoms with Crippen LogP contribution in [0.4, 0.5) is 0 Å². The van der Waals surface area contributed by atoms with Gasteiger partial charge in [0.05, 0.1) is 6.61 Å². The van der Waals surface area contributed by atoms with Crippen LogP contribution in [0.2, 0.25) is 0 Å². The Morgan fingerprint density at radius 1 is 1.31 bits per heavy atom. The third-order valence-corrected chi connectivity index (χ3v) is 3.33. The van der Waals surface area contributed by atoms with Crippen molar-refractivity contribution < 1.29 is 9.90 Å². The highest BCUT2D eigenvalue weighted by molar-refractivity contribution is 5.75. The Bertz CT molecular complexity index is 183. The Morgan fingerprint density at radius 3 is 2.38 bits per heavy atom. The lowest BCUT2D eigenvalue weighted by Crippen LogP contribution is -2.39. The molecule has 0 rings (SSSR count). The standard InChI is InChI=1S/C12H26N2O2/c1-4-12(5-2,10-15)9-14-11(16)7-6-8-13-3/h13,15H,4-10H2,1-3H3,(H,14,16). The SMILES string of the molecule is CCC(CC)(CO)CNC(=O)CCCNC. The van der Waals surface area contributed by atoms with E-state index in [0.29, 0.717) is 13.0 Å². The molecule has 0 aromatic heterocycles. The first kappa shape index (κ1) is 15.4. The fourth-order valence-electron chi connectivity index (χ4n) is 1.58. The Hall–Kier alpha value is -0.610. The van der Waals surface area contributed by atoms with Crippen molar-refractivity contribution >= 4 is 5.91 Å². The van der Waals surface area contributed by atoms with E-state index >= 15 is 0 Å². The monoisotopic (exact) mass is 230 g/mol. The van der Waals surface area contributed by atoms with Crippen molar-refractivity contribution in [3.8, 4) is 0 Å². The smallest absolute Gasteiger partial charge is 0.220 e. The lowest BCUT2D eigenvalue weighted by molar-refractivity contribution is -0.121. The summed E-state index contributed by atoms with van der Waals surface area (Å²) >= 11 is 0. The van der Waals surface area contributed by atoms with Gasteiger partial charge in [0.25, 0.3) is 0 Å². The molecular formula is C12H26N2O2. The summed E-state index contributed by atoms with van der Waals surface area (Å²) in [6.45, 7) is 5.67. The number of carbonyl (C=O) groups excluding carboxylic acids is 1. The first-order chi connectivity index (χ1) is 7.64. The number of nitrogens with one attached hydrogen (secondary N) is 2. The average Bonchev–Trinajstić information content (AvgIpc) is 2.32. The number of rotatable bonds is 9. The molecule has 1 amide bonds. The molecule has 0 aliphatic rings. The second-order valence-corrected chi connectivity index (χ2v) is 4.35. The van der Waals surface area contributed by atoms with E-state index in [1.54, 1.807) is 0 Å². The average molecular weight is 230 g/mol. The Labute approximate surface area is 98.8 Å². The van der Waals surface area contributed by atoms with Gasteiger partial charge in [-0.3, -0.25) is 4.79 Å². The Kier molecular flexibility index (Phi) is 8.21. The van der Waals surface area contributed by atoms with Crippen LogP contribution in [0.5, 0.6) is 0 Å². The normalized spacial score (nSPS) is 11.5. The van der Waals surface area contributed by atoms with E-state index in [1.165, 1.54) is 0 Å². The minimum atomic E-state index is -0.140. The molecule has 0 aromatic carbocycles. The highest BCUT2D eigenvalue weighted by Crippen LogP contribution is 2.24. The highest BCUT2D eigenvalue weighted by Gasteiger charge is 2.25. The summed E-state index contributed by atoms with van der Waals surface area (Å²) < 4.78 is 0. The lowest BCUT2D eigenvalue weighted by Gasteiger charge is -2.29. The van der Waals surface area contributed by atoms with Gasteiger partial charge in [-0.2, -0.15) is 0 Å². The maximum absolute atomic E-state index is 11.5. The maximum Gasteiger partial charge on any atom is 0.220 e. The number of hydrogen-bond donors (Lipinski definition) is 3. The van der Waals surface area contributed by atoms with Crippen molar-refractivity contribution in [2.24, 2.45) is 5.41 Å². The van der Waals surface area contributed by atoms with Gasteiger partial charge in [-0.15, -0.1) is 0 Å². The molecule has 0 fully saturated rings. The van der Waals surface area contributed by atoms with Crippen molar-refractivity contribution in [1.29, 1.82) is 0 Å². The fraction of sp³-hybridized carbons (Fsp3) is 0.917. The number of amides is 1. The van der Waals surface area contributed by atoms with E-state index < -0.39 is 0 Å². The zero-order valence-corrected chi connectivity index (χ0v) is 10.8. The highest BCUT2D eigenvalue weighted by atomic mass is 16.3. The summed E-state index contributed by atoms with van der Waals surface area (Å²) in [5, 5.41) is 15.3. The van der Waals surface area contributed by atoms with E-state index in [1.807, 2.05) is 20.9 Å². The second kappa shape index (κ2) is 8.53. The Balaban J connectivity index is 3.87. The van der Waals surface area contributed by atoms with Crippen LogP contribution in [0.1, 0.15) is 39.5 Å². The Morgan fingerprint density at radius 2 is 1.94 bits per heavy atom. The third-order valence-electron chi connectivity index (χ3n) is 3.33. The van der Waals surface area contributed by atoms with E-state index in [0.717, 1.165) is 25.8 Å². The van der Waals surface area contributed by atoms with Crippen LogP contribution < -0.4 is 10.6 Å². The minimum Gasteiger partial charge on any atom is -0.396 e. The zero-order chi connectivity index (χ0) is 12.4. The lowest BCUT2D eigenvalue weighted by atomic mass is 9.83. The van der Waals surface area contributed by atoms with Gasteiger partial charge in [-0.05, 0) is 32.9 Å². The molecular weight excluding hydrogens is 204 g/mol. The molecule has 0 aliphatic carbocycles. The summed E-state index contributed by atoms with van der Waals surface area (Å²) in [4.78, 5) is 11.5. The zero-order valence-electron chi connectivity index (χ0n) is 10.8. The van der Waals surface area contributed by atoms with Crippen molar-refractivity contribution in [3.63, 3.8) is 0 Å². The van der Waals surface area contributed by atoms with Crippen molar-refractivity contribution in [1.82, 2.24) is 10.6 Å². The molecule has 0 bridgehead atoms. The van der Waals surface area contributed by atoms with Crippen LogP contribution in [-0.4, -0.2) is 37.8 Å². The molecule has 16 heavy (non-hydrogen) atoms. The molecule has 0 heterocycles. The van der Waals surface area contributed by atoms with Gasteiger partial charge < -0.3 is 15.7 Å². The van der Waals surface area contributed by atoms with E-state index in [2.05, 4.69) is 10.6 Å². The molecule has 0 atom stereocenters. The first-order valence-corrected chi connectivity index (χ1v) is 6.16. The van der Waals surface area contributed by atoms with Crippen molar-refractivity contribution in [2.45, 2.75) is 39.5 Å². The first-order valence-electron chi connectivity index (χ1n) is 6.16. The van der Waals surface area contributed by atoms with E-state index in [4.69, 9.17) is 0 Å².